The zero-order valence-corrected chi connectivity index (χ0v) is 15.6. The molecule has 1 saturated heterocycles. The van der Waals surface area contributed by atoms with Crippen LogP contribution in [-0.2, 0) is 16.0 Å². The van der Waals surface area contributed by atoms with Crippen LogP contribution in [0.2, 0.25) is 0 Å². The van der Waals surface area contributed by atoms with Gasteiger partial charge < -0.3 is 10.2 Å². The van der Waals surface area contributed by atoms with Crippen LogP contribution in [-0.4, -0.2) is 29.8 Å². The first-order valence-corrected chi connectivity index (χ1v) is 9.93. The predicted molar refractivity (Wildman–Crippen MR) is 105 cm³/mol. The molecule has 4 heteroatoms. The van der Waals surface area contributed by atoms with Crippen LogP contribution in [0.15, 0.2) is 54.6 Å². The number of hydrogen-bond donors (Lipinski definition) is 1. The molecule has 1 fully saturated rings. The lowest BCUT2D eigenvalue weighted by Crippen LogP contribution is -2.41. The molecular weight excluding hydrogens is 336 g/mol. The molecule has 1 aliphatic carbocycles. The van der Waals surface area contributed by atoms with E-state index in [0.29, 0.717) is 13.0 Å². The lowest BCUT2D eigenvalue weighted by atomic mass is 9.82. The van der Waals surface area contributed by atoms with Crippen molar-refractivity contribution in [2.75, 3.05) is 13.1 Å². The topological polar surface area (TPSA) is 49.4 Å². The van der Waals surface area contributed by atoms with Crippen LogP contribution in [0.1, 0.15) is 54.3 Å². The standard InChI is InChI=1S/C23H26N2O2/c26-22-14-7-15-25(22)16-21(18-9-2-1-3-10-18)24-23(27)20-13-6-11-17-8-4-5-12-19(17)20/h1-5,8-10,12,20-21H,6-7,11,13-16H2,(H,24,27)/t20-,21+/m1/s1. The van der Waals surface area contributed by atoms with Crippen LogP contribution in [0, 0.1) is 0 Å². The molecule has 4 rings (SSSR count). The van der Waals surface area contributed by atoms with Gasteiger partial charge in [-0.15, -0.1) is 0 Å². The summed E-state index contributed by atoms with van der Waals surface area (Å²) >= 11 is 0. The molecule has 1 aliphatic heterocycles. The molecule has 140 valence electrons. The van der Waals surface area contributed by atoms with Gasteiger partial charge in [0.2, 0.25) is 11.8 Å². The molecule has 0 spiro atoms. The zero-order chi connectivity index (χ0) is 18.6. The van der Waals surface area contributed by atoms with Gasteiger partial charge in [0.25, 0.3) is 0 Å². The summed E-state index contributed by atoms with van der Waals surface area (Å²) in [5.74, 6) is 0.159. The van der Waals surface area contributed by atoms with Crippen molar-refractivity contribution in [2.45, 2.75) is 44.1 Å². The molecule has 0 unspecified atom stereocenters. The van der Waals surface area contributed by atoms with E-state index in [9.17, 15) is 9.59 Å². The van der Waals surface area contributed by atoms with Crippen LogP contribution >= 0.6 is 0 Å². The minimum Gasteiger partial charge on any atom is -0.347 e. The Bertz CT molecular complexity index is 818. The van der Waals surface area contributed by atoms with E-state index in [2.05, 4.69) is 17.4 Å². The van der Waals surface area contributed by atoms with E-state index in [1.807, 2.05) is 47.4 Å². The van der Waals surface area contributed by atoms with Crippen LogP contribution in [0.25, 0.3) is 0 Å². The number of aryl methyl sites for hydroxylation is 1. The quantitative estimate of drug-likeness (QED) is 0.884. The second kappa shape index (κ2) is 7.95. The summed E-state index contributed by atoms with van der Waals surface area (Å²) in [6.07, 6.45) is 4.49. The summed E-state index contributed by atoms with van der Waals surface area (Å²) in [6.45, 7) is 1.33. The van der Waals surface area contributed by atoms with Crippen molar-refractivity contribution in [3.05, 3.63) is 71.3 Å². The van der Waals surface area contributed by atoms with Crippen LogP contribution in [0.3, 0.4) is 0 Å². The number of likely N-dealkylation sites (tertiary alicyclic amines) is 1. The highest BCUT2D eigenvalue weighted by atomic mass is 16.2. The average Bonchev–Trinajstić information content (AvgIpc) is 3.12. The van der Waals surface area contributed by atoms with Gasteiger partial charge in [0.05, 0.1) is 12.0 Å². The first-order valence-electron chi connectivity index (χ1n) is 9.93. The molecule has 1 N–H and O–H groups in total. The normalized spacial score (nSPS) is 20.2. The van der Waals surface area contributed by atoms with Gasteiger partial charge in [0, 0.05) is 19.5 Å². The van der Waals surface area contributed by atoms with E-state index in [1.54, 1.807) is 0 Å². The van der Waals surface area contributed by atoms with E-state index in [1.165, 1.54) is 5.56 Å². The van der Waals surface area contributed by atoms with Crippen LogP contribution in [0.4, 0.5) is 0 Å². The minimum absolute atomic E-state index is 0.0719. The number of amides is 2. The van der Waals surface area contributed by atoms with Crippen molar-refractivity contribution in [2.24, 2.45) is 0 Å². The molecule has 0 radical (unpaired) electrons. The number of benzene rings is 2. The summed E-state index contributed by atoms with van der Waals surface area (Å²) in [4.78, 5) is 27.2. The second-order valence-corrected chi connectivity index (χ2v) is 7.56. The van der Waals surface area contributed by atoms with Gasteiger partial charge in [-0.2, -0.15) is 0 Å². The number of hydrogen-bond acceptors (Lipinski definition) is 2. The number of nitrogens with zero attached hydrogens (tertiary/aromatic N) is 1. The second-order valence-electron chi connectivity index (χ2n) is 7.56. The van der Waals surface area contributed by atoms with Gasteiger partial charge in [-0.1, -0.05) is 54.6 Å². The average molecular weight is 362 g/mol. The highest BCUT2D eigenvalue weighted by Crippen LogP contribution is 2.32. The molecule has 0 bridgehead atoms. The van der Waals surface area contributed by atoms with Crippen molar-refractivity contribution < 1.29 is 9.59 Å². The molecule has 0 aromatic heterocycles. The highest BCUT2D eigenvalue weighted by Gasteiger charge is 2.30. The van der Waals surface area contributed by atoms with E-state index < -0.39 is 0 Å². The molecule has 2 atom stereocenters. The number of carbonyl (C=O) groups is 2. The summed E-state index contributed by atoms with van der Waals surface area (Å²) in [5, 5.41) is 3.26. The smallest absolute Gasteiger partial charge is 0.228 e. The summed E-state index contributed by atoms with van der Waals surface area (Å²) in [5.41, 5.74) is 3.50. The summed E-state index contributed by atoms with van der Waals surface area (Å²) in [6, 6.07) is 18.1. The molecule has 27 heavy (non-hydrogen) atoms. The Kier molecular flexibility index (Phi) is 5.23. The third kappa shape index (κ3) is 3.90. The zero-order valence-electron chi connectivity index (χ0n) is 15.6. The Hall–Kier alpha value is -2.62. The molecule has 1 heterocycles. The molecule has 0 saturated carbocycles. The van der Waals surface area contributed by atoms with Gasteiger partial charge in [-0.25, -0.2) is 0 Å². The molecule has 2 aliphatic rings. The summed E-state index contributed by atoms with van der Waals surface area (Å²) < 4.78 is 0. The van der Waals surface area contributed by atoms with Gasteiger partial charge in [0.1, 0.15) is 0 Å². The maximum atomic E-state index is 13.2. The Morgan fingerprint density at radius 3 is 2.59 bits per heavy atom. The van der Waals surface area contributed by atoms with Gasteiger partial charge >= 0.3 is 0 Å². The first kappa shape index (κ1) is 17.8. The van der Waals surface area contributed by atoms with E-state index >= 15 is 0 Å². The molecule has 2 amide bonds. The Morgan fingerprint density at radius 2 is 1.81 bits per heavy atom. The van der Waals surface area contributed by atoms with Gasteiger partial charge in [0.15, 0.2) is 0 Å². The third-order valence-corrected chi connectivity index (χ3v) is 5.78. The maximum Gasteiger partial charge on any atom is 0.228 e. The van der Waals surface area contributed by atoms with Crippen molar-refractivity contribution in [1.29, 1.82) is 0 Å². The Balaban J connectivity index is 1.54. The summed E-state index contributed by atoms with van der Waals surface area (Å²) in [7, 11) is 0. The van der Waals surface area contributed by atoms with Crippen molar-refractivity contribution in [1.82, 2.24) is 10.2 Å². The Labute approximate surface area is 160 Å². The molecule has 2 aromatic carbocycles. The van der Waals surface area contributed by atoms with Crippen molar-refractivity contribution in [3.8, 4) is 0 Å². The van der Waals surface area contributed by atoms with Crippen molar-refractivity contribution in [3.63, 3.8) is 0 Å². The molecular formula is C23H26N2O2. The van der Waals surface area contributed by atoms with Crippen LogP contribution < -0.4 is 5.32 Å². The lowest BCUT2D eigenvalue weighted by molar-refractivity contribution is -0.129. The van der Waals surface area contributed by atoms with Gasteiger partial charge in [-0.05, 0) is 42.4 Å². The van der Waals surface area contributed by atoms with E-state index in [4.69, 9.17) is 0 Å². The van der Waals surface area contributed by atoms with Gasteiger partial charge in [-0.3, -0.25) is 9.59 Å². The largest absolute Gasteiger partial charge is 0.347 e. The number of fused-ring (bicyclic) bond motifs is 1. The monoisotopic (exact) mass is 362 g/mol. The molecule has 4 nitrogen and oxygen atoms in total. The number of rotatable bonds is 5. The van der Waals surface area contributed by atoms with E-state index in [0.717, 1.165) is 43.4 Å². The van der Waals surface area contributed by atoms with Crippen molar-refractivity contribution >= 4 is 11.8 Å². The fourth-order valence-electron chi connectivity index (χ4n) is 4.34. The number of carbonyl (C=O) groups excluding carboxylic acids is 2. The molecule has 2 aromatic rings. The predicted octanol–water partition coefficient (Wildman–Crippen LogP) is 3.59. The number of nitrogens with one attached hydrogen (secondary N) is 1. The van der Waals surface area contributed by atoms with E-state index in [-0.39, 0.29) is 23.8 Å². The lowest BCUT2D eigenvalue weighted by Gasteiger charge is -2.29. The third-order valence-electron chi connectivity index (χ3n) is 5.78. The maximum absolute atomic E-state index is 13.2. The fraction of sp³-hybridized carbons (Fsp3) is 0.391. The minimum atomic E-state index is -0.171. The highest BCUT2D eigenvalue weighted by molar-refractivity contribution is 5.85. The Morgan fingerprint density at radius 1 is 1.04 bits per heavy atom. The SMILES string of the molecule is O=C(N[C@@H](CN1CCCC1=O)c1ccccc1)[C@@H]1CCCc2ccccc21. The fourth-order valence-corrected chi connectivity index (χ4v) is 4.34. The first-order chi connectivity index (χ1) is 13.2. The van der Waals surface area contributed by atoms with Crippen LogP contribution in [0.5, 0.6) is 0 Å².